The summed E-state index contributed by atoms with van der Waals surface area (Å²) in [4.78, 5) is 23.6. The summed E-state index contributed by atoms with van der Waals surface area (Å²) in [5, 5.41) is 2.94. The number of amidine groups is 1. The van der Waals surface area contributed by atoms with Crippen LogP contribution in [0.4, 0.5) is 11.6 Å². The van der Waals surface area contributed by atoms with Crippen molar-refractivity contribution >= 4 is 29.7 Å². The minimum absolute atomic E-state index is 0.201. The Balaban J connectivity index is 1.68. The van der Waals surface area contributed by atoms with Gasteiger partial charge < -0.3 is 14.6 Å². The standard InChI is InChI=1S/C18H18N4O2/c1-3-12-4-6-13(7-5-12)21-17(23)14-11(2)24-18-15(14)16-19-8-9-22(16)10-20-18/h4-7,10H,3,8-9H2,1-2H3,(H,21,23). The molecule has 1 aromatic carbocycles. The van der Waals surface area contributed by atoms with E-state index in [1.165, 1.54) is 5.56 Å². The molecule has 2 aromatic rings. The molecule has 6 nitrogen and oxygen atoms in total. The summed E-state index contributed by atoms with van der Waals surface area (Å²) in [6, 6.07) is 7.85. The highest BCUT2D eigenvalue weighted by atomic mass is 16.4. The summed E-state index contributed by atoms with van der Waals surface area (Å²) in [7, 11) is 0. The van der Waals surface area contributed by atoms with Gasteiger partial charge >= 0.3 is 0 Å². The maximum Gasteiger partial charge on any atom is 0.260 e. The van der Waals surface area contributed by atoms with Crippen molar-refractivity contribution in [2.75, 3.05) is 18.4 Å². The van der Waals surface area contributed by atoms with Crippen molar-refractivity contribution in [3.05, 3.63) is 46.7 Å². The van der Waals surface area contributed by atoms with Crippen molar-refractivity contribution in [3.63, 3.8) is 0 Å². The molecule has 3 heterocycles. The number of nitrogens with one attached hydrogen (secondary N) is 1. The van der Waals surface area contributed by atoms with Gasteiger partial charge in [0.05, 0.1) is 17.7 Å². The fraction of sp³-hybridized carbons (Fsp3) is 0.278. The smallest absolute Gasteiger partial charge is 0.260 e. The minimum atomic E-state index is -0.201. The Kier molecular flexibility index (Phi) is 3.45. The molecular formula is C18H18N4O2. The van der Waals surface area contributed by atoms with Gasteiger partial charge in [-0.15, -0.1) is 0 Å². The van der Waals surface area contributed by atoms with Gasteiger partial charge in [0.15, 0.2) is 0 Å². The highest BCUT2D eigenvalue weighted by molar-refractivity contribution is 6.19. The Hall–Kier alpha value is -2.89. The summed E-state index contributed by atoms with van der Waals surface area (Å²) < 4.78 is 5.67. The highest BCUT2D eigenvalue weighted by Gasteiger charge is 2.33. The number of aryl methyl sites for hydroxylation is 2. The normalized spacial score (nSPS) is 15.1. The first-order valence-electron chi connectivity index (χ1n) is 8.06. The number of carbonyl (C=O) groups excluding carboxylic acids is 1. The van der Waals surface area contributed by atoms with Gasteiger partial charge in [0.1, 0.15) is 17.9 Å². The average Bonchev–Trinajstić information content (AvgIpc) is 3.18. The fourth-order valence-corrected chi connectivity index (χ4v) is 3.04. The maximum absolute atomic E-state index is 12.8. The summed E-state index contributed by atoms with van der Waals surface area (Å²) in [5.41, 5.74) is 3.19. The molecule has 2 aliphatic heterocycles. The Labute approximate surface area is 139 Å². The average molecular weight is 322 g/mol. The van der Waals surface area contributed by atoms with E-state index in [1.54, 1.807) is 13.3 Å². The van der Waals surface area contributed by atoms with E-state index in [-0.39, 0.29) is 5.91 Å². The van der Waals surface area contributed by atoms with E-state index < -0.39 is 0 Å². The largest absolute Gasteiger partial charge is 0.442 e. The van der Waals surface area contributed by atoms with E-state index in [9.17, 15) is 4.79 Å². The van der Waals surface area contributed by atoms with Crippen molar-refractivity contribution in [1.82, 2.24) is 4.90 Å². The molecule has 0 fully saturated rings. The Morgan fingerprint density at radius 1 is 1.33 bits per heavy atom. The second-order valence-corrected chi connectivity index (χ2v) is 5.86. The van der Waals surface area contributed by atoms with E-state index in [1.807, 2.05) is 29.2 Å². The molecule has 0 unspecified atom stereocenters. The third-order valence-electron chi connectivity index (χ3n) is 4.33. The zero-order chi connectivity index (χ0) is 16.7. The van der Waals surface area contributed by atoms with Gasteiger partial charge in [-0.2, -0.15) is 0 Å². The second kappa shape index (κ2) is 5.63. The lowest BCUT2D eigenvalue weighted by molar-refractivity contribution is 0.102. The number of hydrogen-bond donors (Lipinski definition) is 1. The number of amides is 1. The zero-order valence-electron chi connectivity index (χ0n) is 13.7. The Morgan fingerprint density at radius 3 is 2.88 bits per heavy atom. The molecular weight excluding hydrogens is 304 g/mol. The topological polar surface area (TPSA) is 70.2 Å². The number of aliphatic imine (C=N–C) groups is 2. The molecule has 4 rings (SSSR count). The van der Waals surface area contributed by atoms with E-state index >= 15 is 0 Å². The van der Waals surface area contributed by atoms with Crippen molar-refractivity contribution in [2.45, 2.75) is 20.3 Å². The number of rotatable bonds is 3. The quantitative estimate of drug-likeness (QED) is 0.943. The highest BCUT2D eigenvalue weighted by Crippen LogP contribution is 2.34. The van der Waals surface area contributed by atoms with Gasteiger partial charge in [-0.1, -0.05) is 19.1 Å². The molecule has 0 saturated carbocycles. The van der Waals surface area contributed by atoms with Crippen LogP contribution in [0.2, 0.25) is 0 Å². The monoisotopic (exact) mass is 322 g/mol. The first-order chi connectivity index (χ1) is 11.7. The number of fused-ring (bicyclic) bond motifs is 3. The zero-order valence-corrected chi connectivity index (χ0v) is 13.7. The molecule has 1 amide bonds. The van der Waals surface area contributed by atoms with Crippen molar-refractivity contribution in [2.24, 2.45) is 9.98 Å². The third-order valence-corrected chi connectivity index (χ3v) is 4.33. The van der Waals surface area contributed by atoms with Crippen LogP contribution in [0.1, 0.15) is 34.2 Å². The van der Waals surface area contributed by atoms with Crippen molar-refractivity contribution in [1.29, 1.82) is 0 Å². The molecule has 6 heteroatoms. The molecule has 0 saturated heterocycles. The summed E-state index contributed by atoms with van der Waals surface area (Å²) in [6.45, 7) is 5.36. The van der Waals surface area contributed by atoms with Crippen LogP contribution in [0.3, 0.4) is 0 Å². The molecule has 0 bridgehead atoms. The third kappa shape index (κ3) is 2.31. The predicted molar refractivity (Wildman–Crippen MR) is 93.5 cm³/mol. The molecule has 2 aliphatic rings. The van der Waals surface area contributed by atoms with Crippen LogP contribution in [0.25, 0.3) is 0 Å². The van der Waals surface area contributed by atoms with E-state index in [4.69, 9.17) is 4.42 Å². The lowest BCUT2D eigenvalue weighted by Crippen LogP contribution is -2.30. The molecule has 122 valence electrons. The first-order valence-corrected chi connectivity index (χ1v) is 8.06. The summed E-state index contributed by atoms with van der Waals surface area (Å²) in [5.74, 6) is 1.57. The number of benzene rings is 1. The van der Waals surface area contributed by atoms with E-state index in [0.29, 0.717) is 29.3 Å². The van der Waals surface area contributed by atoms with Crippen LogP contribution >= 0.6 is 0 Å². The second-order valence-electron chi connectivity index (χ2n) is 5.86. The van der Waals surface area contributed by atoms with Gasteiger partial charge in [-0.25, -0.2) is 4.99 Å². The number of hydrogen-bond acceptors (Lipinski definition) is 5. The van der Waals surface area contributed by atoms with Crippen LogP contribution in [0, 0.1) is 6.92 Å². The molecule has 1 N–H and O–H groups in total. The molecule has 0 aliphatic carbocycles. The minimum Gasteiger partial charge on any atom is -0.442 e. The van der Waals surface area contributed by atoms with Gasteiger partial charge in [0.2, 0.25) is 5.88 Å². The molecule has 0 radical (unpaired) electrons. The number of nitrogens with zero attached hydrogens (tertiary/aromatic N) is 3. The van der Waals surface area contributed by atoms with Gasteiger partial charge in [0, 0.05) is 12.2 Å². The SMILES string of the molecule is CCc1ccc(NC(=O)c2c(C)oc3c2C2=NCCN2C=N3)cc1. The molecule has 24 heavy (non-hydrogen) atoms. The van der Waals surface area contributed by atoms with Crippen LogP contribution in [-0.2, 0) is 6.42 Å². The maximum atomic E-state index is 12.8. The number of carbonyl (C=O) groups is 1. The summed E-state index contributed by atoms with van der Waals surface area (Å²) in [6.07, 6.45) is 2.68. The van der Waals surface area contributed by atoms with Crippen molar-refractivity contribution in [3.8, 4) is 0 Å². The molecule has 1 aromatic heterocycles. The lowest BCUT2D eigenvalue weighted by Gasteiger charge is -2.18. The van der Waals surface area contributed by atoms with Crippen LogP contribution in [0.15, 0.2) is 38.7 Å². The van der Waals surface area contributed by atoms with Crippen molar-refractivity contribution < 1.29 is 9.21 Å². The Bertz CT molecular complexity index is 862. The van der Waals surface area contributed by atoms with E-state index in [0.717, 1.165) is 24.5 Å². The van der Waals surface area contributed by atoms with Gasteiger partial charge in [-0.05, 0) is 31.0 Å². The Morgan fingerprint density at radius 2 is 2.12 bits per heavy atom. The number of anilines is 1. The lowest BCUT2D eigenvalue weighted by atomic mass is 10.1. The molecule has 0 atom stereocenters. The number of furan rings is 1. The van der Waals surface area contributed by atoms with Gasteiger partial charge in [0.25, 0.3) is 5.91 Å². The van der Waals surface area contributed by atoms with Crippen LogP contribution < -0.4 is 5.32 Å². The van der Waals surface area contributed by atoms with Gasteiger partial charge in [-0.3, -0.25) is 9.79 Å². The van der Waals surface area contributed by atoms with Crippen LogP contribution in [0.5, 0.6) is 0 Å². The first kappa shape index (κ1) is 14.7. The molecule has 0 spiro atoms. The fourth-order valence-electron chi connectivity index (χ4n) is 3.04. The van der Waals surface area contributed by atoms with E-state index in [2.05, 4.69) is 22.2 Å². The predicted octanol–water partition coefficient (Wildman–Crippen LogP) is 3.14. The van der Waals surface area contributed by atoms with Crippen LogP contribution in [-0.4, -0.2) is 36.1 Å². The summed E-state index contributed by atoms with van der Waals surface area (Å²) >= 11 is 0.